The smallest absolute Gasteiger partial charge is 0.0974 e. The Balaban J connectivity index is -0.000000446. The van der Waals surface area contributed by atoms with Gasteiger partial charge in [-0.05, 0) is 26.7 Å². The van der Waals surface area contributed by atoms with Gasteiger partial charge in [-0.25, -0.2) is 0 Å². The van der Waals surface area contributed by atoms with Crippen LogP contribution in [-0.2, 0) is 0 Å². The second-order valence-electron chi connectivity index (χ2n) is 9.57. The largest absolute Gasteiger partial charge is 0.362 e. The van der Waals surface area contributed by atoms with Crippen molar-refractivity contribution in [2.24, 2.45) is 0 Å². The zero-order valence-electron chi connectivity index (χ0n) is 25.9. The highest BCUT2D eigenvalue weighted by molar-refractivity contribution is 4.93. The zero-order chi connectivity index (χ0) is 24.5. The molecule has 3 aliphatic rings. The average molecular weight is 508 g/mol. The van der Waals surface area contributed by atoms with E-state index in [4.69, 9.17) is 0 Å². The van der Waals surface area contributed by atoms with E-state index in [9.17, 15) is 0 Å². The molecule has 3 rings (SSSR count). The fourth-order valence-electron chi connectivity index (χ4n) is 3.93. The Kier molecular flexibility index (Phi) is 25.1. The number of nitrogens with zero attached hydrogens (tertiary/aromatic N) is 6. The number of hydrogen-bond acceptors (Lipinski definition) is 6. The van der Waals surface area contributed by atoms with Crippen molar-refractivity contribution < 1.29 is 0 Å². The summed E-state index contributed by atoms with van der Waals surface area (Å²) in [5.41, 5.74) is 0. The van der Waals surface area contributed by atoms with Crippen LogP contribution in [0.2, 0.25) is 0 Å². The van der Waals surface area contributed by atoms with Crippen LogP contribution in [0.5, 0.6) is 0 Å². The van der Waals surface area contributed by atoms with Crippen molar-refractivity contribution in [1.82, 2.24) is 29.4 Å². The first kappa shape index (κ1) is 38.5. The Morgan fingerprint density at radius 3 is 1.44 bits per heavy atom. The first-order valence-electron chi connectivity index (χ1n) is 13.3. The van der Waals surface area contributed by atoms with Crippen LogP contribution in [0.1, 0.15) is 79.1 Å². The standard InChI is InChI=1S/C11H22N2.C10H20N2.C6H12N2.3CH3/c1-4-5-6-7-8-13-10-9-12(3)11(13)2;1-3-4-5-6-7-12-9-8-11(2)10-12;1-3-8-5-4-7(2)6-8;;;/h9-11H,4-8H2,1-3H3;8-9H,3-7,10H2,1-2H3;4-5H,3,6H2,1-2H3;3*1H3/q;;;3*-1. The van der Waals surface area contributed by atoms with Crippen LogP contribution in [0.15, 0.2) is 37.2 Å². The van der Waals surface area contributed by atoms with Crippen molar-refractivity contribution in [1.29, 1.82) is 0 Å². The van der Waals surface area contributed by atoms with Gasteiger partial charge in [0.05, 0.1) is 19.5 Å². The van der Waals surface area contributed by atoms with Gasteiger partial charge in [-0.1, -0.05) is 52.4 Å². The molecule has 0 amide bonds. The summed E-state index contributed by atoms with van der Waals surface area (Å²) in [5.74, 6) is 0. The van der Waals surface area contributed by atoms with Crippen LogP contribution in [-0.4, -0.2) is 89.7 Å². The van der Waals surface area contributed by atoms with Gasteiger partial charge in [0.15, 0.2) is 0 Å². The van der Waals surface area contributed by atoms with Crippen LogP contribution in [0.3, 0.4) is 0 Å². The third-order valence-electron chi connectivity index (χ3n) is 6.41. The molecule has 0 radical (unpaired) electrons. The van der Waals surface area contributed by atoms with E-state index in [1.807, 2.05) is 0 Å². The molecule has 3 heterocycles. The molecular weight excluding hydrogens is 444 g/mol. The second-order valence-corrected chi connectivity index (χ2v) is 9.57. The molecule has 0 saturated heterocycles. The average Bonchev–Trinajstić information content (AvgIpc) is 3.51. The Morgan fingerprint density at radius 1 is 0.583 bits per heavy atom. The molecule has 0 bridgehead atoms. The zero-order valence-corrected chi connectivity index (χ0v) is 25.9. The van der Waals surface area contributed by atoms with Crippen molar-refractivity contribution >= 4 is 0 Å². The van der Waals surface area contributed by atoms with Crippen molar-refractivity contribution in [3.8, 4) is 0 Å². The quantitative estimate of drug-likeness (QED) is 0.222. The summed E-state index contributed by atoms with van der Waals surface area (Å²) < 4.78 is 0. The molecule has 6 nitrogen and oxygen atoms in total. The fourth-order valence-corrected chi connectivity index (χ4v) is 3.93. The Hall–Kier alpha value is -1.98. The van der Waals surface area contributed by atoms with E-state index in [1.54, 1.807) is 0 Å². The van der Waals surface area contributed by atoms with Crippen LogP contribution >= 0.6 is 0 Å². The van der Waals surface area contributed by atoms with Gasteiger partial charge in [-0.2, -0.15) is 0 Å². The van der Waals surface area contributed by atoms with Gasteiger partial charge in [-0.3, -0.25) is 0 Å². The van der Waals surface area contributed by atoms with Gasteiger partial charge in [0.25, 0.3) is 0 Å². The summed E-state index contributed by atoms with van der Waals surface area (Å²) in [6, 6.07) is 0. The SMILES string of the molecule is CCCCCCN1C=CN(C)C1.CCCCCCN1C=CN(C)C1C.CCN1C=CN(C)C1.[CH3-].[CH3-].[CH3-]. The molecule has 0 aliphatic carbocycles. The summed E-state index contributed by atoms with van der Waals surface area (Å²) in [4.78, 5) is 13.6. The molecule has 36 heavy (non-hydrogen) atoms. The summed E-state index contributed by atoms with van der Waals surface area (Å²) in [6.07, 6.45) is 24.3. The maximum Gasteiger partial charge on any atom is 0.0974 e. The molecule has 0 aromatic carbocycles. The molecule has 0 aromatic rings. The third-order valence-corrected chi connectivity index (χ3v) is 6.41. The van der Waals surface area contributed by atoms with Crippen LogP contribution < -0.4 is 0 Å². The Bertz CT molecular complexity index is 562. The van der Waals surface area contributed by atoms with E-state index in [1.165, 1.54) is 64.5 Å². The molecule has 0 N–H and O–H groups in total. The second kappa shape index (κ2) is 23.4. The summed E-state index contributed by atoms with van der Waals surface area (Å²) >= 11 is 0. The summed E-state index contributed by atoms with van der Waals surface area (Å²) in [6.45, 7) is 14.6. The molecule has 0 aromatic heterocycles. The van der Waals surface area contributed by atoms with E-state index in [2.05, 4.69) is 115 Å². The number of hydrogen-bond donors (Lipinski definition) is 0. The molecule has 1 unspecified atom stereocenters. The van der Waals surface area contributed by atoms with Crippen molar-refractivity contribution in [3.63, 3.8) is 0 Å². The lowest BCUT2D eigenvalue weighted by molar-refractivity contribution is 0.192. The first-order chi connectivity index (χ1) is 15.9. The predicted octanol–water partition coefficient (Wildman–Crippen LogP) is 6.91. The topological polar surface area (TPSA) is 19.4 Å². The summed E-state index contributed by atoms with van der Waals surface area (Å²) in [5, 5.41) is 0. The van der Waals surface area contributed by atoms with Gasteiger partial charge in [0.2, 0.25) is 0 Å². The molecule has 0 saturated carbocycles. The highest BCUT2D eigenvalue weighted by atomic mass is 15.4. The van der Waals surface area contributed by atoms with E-state index < -0.39 is 0 Å². The fraction of sp³-hybridized carbons (Fsp3) is 0.700. The van der Waals surface area contributed by atoms with Gasteiger partial charge in [0, 0.05) is 78.0 Å². The van der Waals surface area contributed by atoms with Gasteiger partial charge < -0.3 is 51.7 Å². The van der Waals surface area contributed by atoms with Crippen molar-refractivity contribution in [3.05, 3.63) is 59.5 Å². The normalized spacial score (nSPS) is 17.2. The van der Waals surface area contributed by atoms with Crippen LogP contribution in [0.4, 0.5) is 0 Å². The third kappa shape index (κ3) is 16.6. The molecule has 6 heteroatoms. The van der Waals surface area contributed by atoms with E-state index >= 15 is 0 Å². The number of unbranched alkanes of at least 4 members (excludes halogenated alkanes) is 6. The monoisotopic (exact) mass is 508 g/mol. The van der Waals surface area contributed by atoms with E-state index in [0.717, 1.165) is 19.9 Å². The minimum absolute atomic E-state index is 0. The Morgan fingerprint density at radius 2 is 1.08 bits per heavy atom. The lowest BCUT2D eigenvalue weighted by Gasteiger charge is -2.26. The molecule has 216 valence electrons. The molecule has 3 aliphatic heterocycles. The first-order valence-corrected chi connectivity index (χ1v) is 13.3. The van der Waals surface area contributed by atoms with Crippen molar-refractivity contribution in [2.75, 3.05) is 54.1 Å². The maximum absolute atomic E-state index is 2.41. The van der Waals surface area contributed by atoms with Gasteiger partial charge in [0.1, 0.15) is 0 Å². The highest BCUT2D eigenvalue weighted by Crippen LogP contribution is 2.14. The Labute approximate surface area is 228 Å². The van der Waals surface area contributed by atoms with Gasteiger partial charge >= 0.3 is 0 Å². The van der Waals surface area contributed by atoms with E-state index in [0.29, 0.717) is 6.17 Å². The van der Waals surface area contributed by atoms with Crippen LogP contribution in [0.25, 0.3) is 0 Å². The molecular formula is C30H63N6-3. The summed E-state index contributed by atoms with van der Waals surface area (Å²) in [7, 11) is 6.32. The lowest BCUT2D eigenvalue weighted by Crippen LogP contribution is -2.34. The minimum Gasteiger partial charge on any atom is -0.362 e. The predicted molar refractivity (Wildman–Crippen MR) is 163 cm³/mol. The molecule has 0 fully saturated rings. The van der Waals surface area contributed by atoms with Crippen molar-refractivity contribution in [2.45, 2.75) is 85.2 Å². The van der Waals surface area contributed by atoms with Gasteiger partial charge in [-0.15, -0.1) is 0 Å². The molecule has 1 atom stereocenters. The molecule has 0 spiro atoms. The lowest BCUT2D eigenvalue weighted by atomic mass is 10.2. The highest BCUT2D eigenvalue weighted by Gasteiger charge is 2.17. The minimum atomic E-state index is 0. The van der Waals surface area contributed by atoms with Crippen LogP contribution in [0, 0.1) is 22.3 Å². The van der Waals surface area contributed by atoms with E-state index in [-0.39, 0.29) is 22.3 Å². The number of rotatable bonds is 11. The maximum atomic E-state index is 2.41.